The van der Waals surface area contributed by atoms with Crippen molar-refractivity contribution in [3.05, 3.63) is 66.0 Å². The molecule has 0 aliphatic rings. The van der Waals surface area contributed by atoms with Crippen LogP contribution in [0, 0.1) is 11.3 Å². The van der Waals surface area contributed by atoms with Crippen molar-refractivity contribution >= 4 is 28.6 Å². The predicted molar refractivity (Wildman–Crippen MR) is 134 cm³/mol. The first kappa shape index (κ1) is 23.7. The molecule has 2 aromatic carbocycles. The van der Waals surface area contributed by atoms with Crippen LogP contribution in [0.4, 0.5) is 16.4 Å². The molecule has 35 heavy (non-hydrogen) atoms. The van der Waals surface area contributed by atoms with Gasteiger partial charge in [0, 0.05) is 23.2 Å². The number of benzene rings is 2. The van der Waals surface area contributed by atoms with Crippen LogP contribution in [0.1, 0.15) is 44.7 Å². The number of rotatable bonds is 6. The highest BCUT2D eigenvalue weighted by Crippen LogP contribution is 2.26. The molecule has 0 radical (unpaired) electrons. The summed E-state index contributed by atoms with van der Waals surface area (Å²) in [6, 6.07) is 15.7. The SMILES string of the molecule is CC(CNC(=O)OC(C)(C)C)c1ccc(-c2nc(Nc3ccc4[nH]ncc4c3)ncc2C#N)cc1. The minimum absolute atomic E-state index is 0.0764. The maximum atomic E-state index is 11.9. The second-order valence-electron chi connectivity index (χ2n) is 9.27. The molecular weight excluding hydrogens is 442 g/mol. The molecule has 4 rings (SSSR count). The van der Waals surface area contributed by atoms with E-state index in [0.717, 1.165) is 27.7 Å². The first-order valence-corrected chi connectivity index (χ1v) is 11.3. The van der Waals surface area contributed by atoms with E-state index in [0.29, 0.717) is 23.8 Å². The summed E-state index contributed by atoms with van der Waals surface area (Å²) in [4.78, 5) is 20.8. The largest absolute Gasteiger partial charge is 0.444 e. The molecule has 9 nitrogen and oxygen atoms in total. The van der Waals surface area contributed by atoms with Crippen molar-refractivity contribution < 1.29 is 9.53 Å². The summed E-state index contributed by atoms with van der Waals surface area (Å²) in [6.07, 6.45) is 2.83. The maximum Gasteiger partial charge on any atom is 0.407 e. The van der Waals surface area contributed by atoms with E-state index < -0.39 is 11.7 Å². The minimum atomic E-state index is -0.537. The normalized spacial score (nSPS) is 12.1. The molecule has 178 valence electrons. The highest BCUT2D eigenvalue weighted by Gasteiger charge is 2.17. The molecule has 9 heteroatoms. The summed E-state index contributed by atoms with van der Waals surface area (Å²) in [5.41, 5.74) is 3.99. The average molecular weight is 470 g/mol. The molecule has 1 amide bonds. The van der Waals surface area contributed by atoms with Gasteiger partial charge in [-0.15, -0.1) is 0 Å². The number of amides is 1. The molecule has 0 saturated carbocycles. The van der Waals surface area contributed by atoms with Crippen LogP contribution in [0.25, 0.3) is 22.2 Å². The van der Waals surface area contributed by atoms with E-state index in [9.17, 15) is 10.1 Å². The third kappa shape index (κ3) is 5.92. The number of anilines is 2. The van der Waals surface area contributed by atoms with Crippen LogP contribution in [0.5, 0.6) is 0 Å². The zero-order chi connectivity index (χ0) is 25.0. The number of carbonyl (C=O) groups is 1. The van der Waals surface area contributed by atoms with Gasteiger partial charge in [0.05, 0.1) is 29.2 Å². The number of alkyl carbamates (subject to hydrolysis) is 1. The summed E-state index contributed by atoms with van der Waals surface area (Å²) in [5.74, 6) is 0.466. The Morgan fingerprint density at radius 3 is 2.66 bits per heavy atom. The number of fused-ring (bicyclic) bond motifs is 1. The molecule has 2 heterocycles. The second-order valence-corrected chi connectivity index (χ2v) is 9.27. The molecule has 4 aromatic rings. The molecule has 0 fully saturated rings. The third-order valence-corrected chi connectivity index (χ3v) is 5.31. The van der Waals surface area contributed by atoms with Crippen molar-refractivity contribution in [1.29, 1.82) is 5.26 Å². The highest BCUT2D eigenvalue weighted by atomic mass is 16.6. The van der Waals surface area contributed by atoms with E-state index in [-0.39, 0.29) is 5.92 Å². The van der Waals surface area contributed by atoms with Gasteiger partial charge in [0.15, 0.2) is 0 Å². The van der Waals surface area contributed by atoms with Crippen LogP contribution in [0.3, 0.4) is 0 Å². The lowest BCUT2D eigenvalue weighted by Gasteiger charge is -2.21. The van der Waals surface area contributed by atoms with Gasteiger partial charge in [-0.2, -0.15) is 10.4 Å². The van der Waals surface area contributed by atoms with Gasteiger partial charge in [0.1, 0.15) is 11.7 Å². The van der Waals surface area contributed by atoms with E-state index >= 15 is 0 Å². The smallest absolute Gasteiger partial charge is 0.407 e. The Kier molecular flexibility index (Phi) is 6.64. The number of nitrogens with zero attached hydrogens (tertiary/aromatic N) is 4. The lowest BCUT2D eigenvalue weighted by atomic mass is 9.98. The van der Waals surface area contributed by atoms with Gasteiger partial charge in [0.25, 0.3) is 0 Å². The molecule has 1 atom stereocenters. The Hall–Kier alpha value is -4.45. The zero-order valence-corrected chi connectivity index (χ0v) is 20.1. The number of aromatic nitrogens is 4. The quantitative estimate of drug-likeness (QED) is 0.351. The Balaban J connectivity index is 1.48. The summed E-state index contributed by atoms with van der Waals surface area (Å²) in [5, 5.41) is 23.5. The van der Waals surface area contributed by atoms with E-state index in [1.165, 1.54) is 6.20 Å². The van der Waals surface area contributed by atoms with Crippen molar-refractivity contribution in [3.63, 3.8) is 0 Å². The molecule has 0 bridgehead atoms. The lowest BCUT2D eigenvalue weighted by molar-refractivity contribution is 0.0525. The molecular formula is C26H27N7O2. The highest BCUT2D eigenvalue weighted by molar-refractivity contribution is 5.82. The van der Waals surface area contributed by atoms with E-state index in [2.05, 4.69) is 36.9 Å². The van der Waals surface area contributed by atoms with E-state index in [1.54, 1.807) is 6.20 Å². The number of H-pyrrole nitrogens is 1. The number of aromatic amines is 1. The van der Waals surface area contributed by atoms with E-state index in [4.69, 9.17) is 4.74 Å². The lowest BCUT2D eigenvalue weighted by Crippen LogP contribution is -2.34. The Morgan fingerprint density at radius 1 is 1.17 bits per heavy atom. The van der Waals surface area contributed by atoms with Crippen LogP contribution in [0.15, 0.2) is 54.9 Å². The van der Waals surface area contributed by atoms with Gasteiger partial charge in [-0.3, -0.25) is 5.10 Å². The first-order valence-electron chi connectivity index (χ1n) is 11.3. The maximum absolute atomic E-state index is 11.9. The molecule has 0 aliphatic carbocycles. The third-order valence-electron chi connectivity index (χ3n) is 5.31. The van der Waals surface area contributed by atoms with Crippen molar-refractivity contribution in [3.8, 4) is 17.3 Å². The first-order chi connectivity index (χ1) is 16.7. The molecule has 0 saturated heterocycles. The number of nitriles is 1. The van der Waals surface area contributed by atoms with Gasteiger partial charge in [-0.1, -0.05) is 31.2 Å². The fraction of sp³-hybridized carbons (Fsp3) is 0.269. The van der Waals surface area contributed by atoms with Crippen molar-refractivity contribution in [2.45, 2.75) is 39.2 Å². The zero-order valence-electron chi connectivity index (χ0n) is 20.1. The fourth-order valence-corrected chi connectivity index (χ4v) is 3.53. The number of carbonyl (C=O) groups excluding carboxylic acids is 1. The Morgan fingerprint density at radius 2 is 1.94 bits per heavy atom. The van der Waals surface area contributed by atoms with Crippen LogP contribution < -0.4 is 10.6 Å². The Bertz CT molecular complexity index is 1380. The van der Waals surface area contributed by atoms with Crippen molar-refractivity contribution in [2.24, 2.45) is 0 Å². The van der Waals surface area contributed by atoms with Gasteiger partial charge >= 0.3 is 6.09 Å². The summed E-state index contributed by atoms with van der Waals surface area (Å²) in [6.45, 7) is 7.96. The molecule has 1 unspecified atom stereocenters. The van der Waals surface area contributed by atoms with E-state index in [1.807, 2.05) is 70.2 Å². The standard InChI is InChI=1S/C26H27N7O2/c1-16(13-29-25(34)35-26(2,3)4)17-5-7-18(8-6-17)23-20(12-27)14-28-24(32-23)31-21-9-10-22-19(11-21)15-30-33-22/h5-11,14-16H,13H2,1-4H3,(H,29,34)(H,30,33)(H,28,31,32). The van der Waals surface area contributed by atoms with Crippen LogP contribution in [-0.4, -0.2) is 38.4 Å². The van der Waals surface area contributed by atoms with Gasteiger partial charge in [-0.05, 0) is 50.5 Å². The van der Waals surface area contributed by atoms with Gasteiger partial charge in [-0.25, -0.2) is 14.8 Å². The summed E-state index contributed by atoms with van der Waals surface area (Å²) >= 11 is 0. The molecule has 3 N–H and O–H groups in total. The van der Waals surface area contributed by atoms with Crippen LogP contribution >= 0.6 is 0 Å². The molecule has 0 spiro atoms. The summed E-state index contributed by atoms with van der Waals surface area (Å²) in [7, 11) is 0. The monoisotopic (exact) mass is 469 g/mol. The number of hydrogen-bond donors (Lipinski definition) is 3. The Labute approximate surface area is 203 Å². The number of nitrogens with one attached hydrogen (secondary N) is 3. The van der Waals surface area contributed by atoms with Gasteiger partial charge < -0.3 is 15.4 Å². The predicted octanol–water partition coefficient (Wildman–Crippen LogP) is 5.26. The van der Waals surface area contributed by atoms with Crippen molar-refractivity contribution in [1.82, 2.24) is 25.5 Å². The second kappa shape index (κ2) is 9.81. The van der Waals surface area contributed by atoms with Gasteiger partial charge in [0.2, 0.25) is 5.95 Å². The number of hydrogen-bond acceptors (Lipinski definition) is 7. The topological polar surface area (TPSA) is 129 Å². The number of ether oxygens (including phenoxy) is 1. The van der Waals surface area contributed by atoms with Crippen LogP contribution in [-0.2, 0) is 4.74 Å². The summed E-state index contributed by atoms with van der Waals surface area (Å²) < 4.78 is 5.29. The fourth-order valence-electron chi connectivity index (χ4n) is 3.53. The average Bonchev–Trinajstić information content (AvgIpc) is 3.29. The minimum Gasteiger partial charge on any atom is -0.444 e. The van der Waals surface area contributed by atoms with Crippen LogP contribution in [0.2, 0.25) is 0 Å². The molecule has 2 aromatic heterocycles. The van der Waals surface area contributed by atoms with Crippen molar-refractivity contribution in [2.75, 3.05) is 11.9 Å². The molecule has 0 aliphatic heterocycles.